The highest BCUT2D eigenvalue weighted by Crippen LogP contribution is 2.52. The highest BCUT2D eigenvalue weighted by molar-refractivity contribution is 8.03. The molecule has 0 bridgehead atoms. The van der Waals surface area contributed by atoms with Gasteiger partial charge in [0.25, 0.3) is 0 Å². The van der Waals surface area contributed by atoms with Crippen molar-refractivity contribution in [3.8, 4) is 0 Å². The van der Waals surface area contributed by atoms with Gasteiger partial charge in [0.15, 0.2) is 0 Å². The normalized spacial score (nSPS) is 29.1. The number of nitrogens with zero attached hydrogens (tertiary/aromatic N) is 3. The maximum Gasteiger partial charge on any atom is 0.410 e. The Balaban J connectivity index is 1.51. The number of likely N-dealkylation sites (tertiary alicyclic amines) is 2. The van der Waals surface area contributed by atoms with Gasteiger partial charge in [0.1, 0.15) is 25.5 Å². The third kappa shape index (κ3) is 6.39. The predicted octanol–water partition coefficient (Wildman–Crippen LogP) is 3.32. The summed E-state index contributed by atoms with van der Waals surface area (Å²) in [6.07, 6.45) is 5.00. The standard InChI is InChI=1S/C30H41N3O8S/c1-6-11-39-28(36)25-26(18(4)24-23(19(5)34)27(35)33(24)25)42-22-15-21(32(17-22)30(38)41-13-8-3)14-20-9-10-31(16-20)29(37)40-12-7-2/h6-8,18-24,34H,1-3,9-17H2,4-5H3/t18-,19-,20?,21-,22+,23-,24-/m1/s1. The summed E-state index contributed by atoms with van der Waals surface area (Å²) in [5.41, 5.74) is 0.218. The fraction of sp³-hybridized carbons (Fsp3) is 0.600. The Morgan fingerprint density at radius 3 is 2.33 bits per heavy atom. The van der Waals surface area contributed by atoms with Crippen molar-refractivity contribution in [3.63, 3.8) is 0 Å². The molecule has 0 aliphatic carbocycles. The molecule has 7 atom stereocenters. The van der Waals surface area contributed by atoms with Crippen molar-refractivity contribution in [2.45, 2.75) is 56.5 Å². The number of aliphatic hydroxyl groups is 1. The molecule has 1 unspecified atom stereocenters. The smallest absolute Gasteiger partial charge is 0.410 e. The Kier molecular flexibility index (Phi) is 10.4. The van der Waals surface area contributed by atoms with Crippen molar-refractivity contribution in [3.05, 3.63) is 48.6 Å². The minimum atomic E-state index is -0.845. The van der Waals surface area contributed by atoms with Crippen LogP contribution < -0.4 is 0 Å². The number of carbonyl (C=O) groups excluding carboxylic acids is 4. The molecule has 0 saturated carbocycles. The summed E-state index contributed by atoms with van der Waals surface area (Å²) in [5.74, 6) is -1.49. The Morgan fingerprint density at radius 2 is 1.69 bits per heavy atom. The van der Waals surface area contributed by atoms with Gasteiger partial charge in [0.2, 0.25) is 5.91 Å². The number of ether oxygens (including phenoxy) is 3. The van der Waals surface area contributed by atoms with Gasteiger partial charge >= 0.3 is 18.2 Å². The van der Waals surface area contributed by atoms with E-state index in [4.69, 9.17) is 14.2 Å². The molecule has 3 amide bonds. The molecule has 4 rings (SSSR count). The lowest BCUT2D eigenvalue weighted by atomic mass is 9.79. The van der Waals surface area contributed by atoms with Crippen LogP contribution in [0.5, 0.6) is 0 Å². The average Bonchev–Trinajstić information content (AvgIpc) is 3.65. The van der Waals surface area contributed by atoms with Crippen molar-refractivity contribution >= 4 is 35.8 Å². The number of fused-ring (bicyclic) bond motifs is 1. The zero-order valence-corrected chi connectivity index (χ0v) is 25.1. The van der Waals surface area contributed by atoms with E-state index in [1.54, 1.807) is 16.7 Å². The van der Waals surface area contributed by atoms with Crippen LogP contribution in [0.15, 0.2) is 48.6 Å². The Bertz CT molecular complexity index is 1140. The van der Waals surface area contributed by atoms with E-state index in [2.05, 4.69) is 19.7 Å². The fourth-order valence-corrected chi connectivity index (χ4v) is 8.03. The summed E-state index contributed by atoms with van der Waals surface area (Å²) in [4.78, 5) is 57.1. The van der Waals surface area contributed by atoms with E-state index in [-0.39, 0.29) is 66.7 Å². The van der Waals surface area contributed by atoms with Crippen LogP contribution in [-0.2, 0) is 23.8 Å². The molecule has 12 heteroatoms. The predicted molar refractivity (Wildman–Crippen MR) is 157 cm³/mol. The first kappa shape index (κ1) is 31.7. The molecule has 11 nitrogen and oxygen atoms in total. The van der Waals surface area contributed by atoms with Gasteiger partial charge in [-0.1, -0.05) is 44.9 Å². The van der Waals surface area contributed by atoms with E-state index < -0.39 is 24.1 Å². The van der Waals surface area contributed by atoms with E-state index in [1.807, 2.05) is 6.92 Å². The van der Waals surface area contributed by atoms with Crippen LogP contribution in [0.4, 0.5) is 9.59 Å². The third-order valence-electron chi connectivity index (χ3n) is 8.34. The van der Waals surface area contributed by atoms with Crippen LogP contribution in [0.1, 0.15) is 33.1 Å². The molecule has 0 aromatic carbocycles. The van der Waals surface area contributed by atoms with Crippen molar-refractivity contribution in [2.75, 3.05) is 39.5 Å². The van der Waals surface area contributed by atoms with Gasteiger partial charge in [-0.15, -0.1) is 11.8 Å². The lowest BCUT2D eigenvalue weighted by molar-refractivity contribution is -0.164. The number of β-lactam (4-membered cyclic amide) rings is 1. The van der Waals surface area contributed by atoms with Crippen LogP contribution >= 0.6 is 11.8 Å². The number of rotatable bonds is 12. The summed E-state index contributed by atoms with van der Waals surface area (Å²) in [6.45, 7) is 16.1. The number of hydrogen-bond acceptors (Lipinski definition) is 9. The Morgan fingerprint density at radius 1 is 1.05 bits per heavy atom. The van der Waals surface area contributed by atoms with Crippen LogP contribution in [0, 0.1) is 17.8 Å². The molecule has 0 radical (unpaired) electrons. The van der Waals surface area contributed by atoms with Crippen molar-refractivity contribution in [1.29, 1.82) is 0 Å². The van der Waals surface area contributed by atoms with Gasteiger partial charge in [-0.25, -0.2) is 14.4 Å². The first-order chi connectivity index (χ1) is 20.1. The fourth-order valence-electron chi connectivity index (χ4n) is 6.47. The van der Waals surface area contributed by atoms with Crippen LogP contribution in [-0.4, -0.2) is 107 Å². The molecule has 3 saturated heterocycles. The zero-order valence-electron chi connectivity index (χ0n) is 24.3. The van der Waals surface area contributed by atoms with Gasteiger partial charge in [0.05, 0.1) is 18.1 Å². The lowest BCUT2D eigenvalue weighted by Crippen LogP contribution is -2.63. The molecule has 0 aromatic heterocycles. The van der Waals surface area contributed by atoms with Gasteiger partial charge in [-0.05, 0) is 32.1 Å². The second-order valence-corrected chi connectivity index (χ2v) is 12.5. The lowest BCUT2D eigenvalue weighted by Gasteiger charge is -2.46. The summed E-state index contributed by atoms with van der Waals surface area (Å²) in [6, 6.07) is -0.464. The molecule has 3 fully saturated rings. The van der Waals surface area contributed by atoms with E-state index in [0.29, 0.717) is 32.5 Å². The third-order valence-corrected chi connectivity index (χ3v) is 9.83. The average molecular weight is 604 g/mol. The number of hydrogen-bond donors (Lipinski definition) is 1. The summed E-state index contributed by atoms with van der Waals surface area (Å²) in [5, 5.41) is 10.2. The molecule has 4 aliphatic rings. The zero-order chi connectivity index (χ0) is 30.6. The van der Waals surface area contributed by atoms with Gasteiger partial charge < -0.3 is 34.0 Å². The van der Waals surface area contributed by atoms with E-state index >= 15 is 0 Å². The van der Waals surface area contributed by atoms with E-state index in [9.17, 15) is 24.3 Å². The maximum atomic E-state index is 13.1. The first-order valence-electron chi connectivity index (χ1n) is 14.4. The summed E-state index contributed by atoms with van der Waals surface area (Å²) in [7, 11) is 0. The second-order valence-electron chi connectivity index (χ2n) is 11.2. The molecule has 4 heterocycles. The first-order valence-corrected chi connectivity index (χ1v) is 15.3. The molecule has 1 N–H and O–H groups in total. The van der Waals surface area contributed by atoms with E-state index in [1.165, 1.54) is 34.9 Å². The largest absolute Gasteiger partial charge is 0.457 e. The van der Waals surface area contributed by atoms with Crippen molar-refractivity contribution < 1.29 is 38.5 Å². The highest BCUT2D eigenvalue weighted by atomic mass is 32.2. The molecule has 42 heavy (non-hydrogen) atoms. The summed E-state index contributed by atoms with van der Waals surface area (Å²) >= 11 is 1.49. The Hall–Kier alpha value is -3.25. The topological polar surface area (TPSA) is 126 Å². The van der Waals surface area contributed by atoms with E-state index in [0.717, 1.165) is 11.3 Å². The molecular weight excluding hydrogens is 562 g/mol. The molecule has 4 aliphatic heterocycles. The number of thioether (sulfide) groups is 1. The second kappa shape index (κ2) is 13.8. The minimum Gasteiger partial charge on any atom is -0.457 e. The Labute approximate surface area is 251 Å². The maximum absolute atomic E-state index is 13.1. The molecular formula is C30H41N3O8S. The SMILES string of the molecule is C=CCOC(=O)C1=C(S[C@H]2C[C@@H](CC3CCN(C(=O)OCC=C)C3)N(C(=O)OCC=C)C2)[C@H](C)[C@@H]2[C@@H]([C@@H](C)O)C(=O)N12. The summed E-state index contributed by atoms with van der Waals surface area (Å²) < 4.78 is 15.9. The number of aliphatic hydroxyl groups excluding tert-OH is 1. The van der Waals surface area contributed by atoms with Crippen LogP contribution in [0.3, 0.4) is 0 Å². The van der Waals surface area contributed by atoms with Gasteiger partial charge in [-0.2, -0.15) is 0 Å². The van der Waals surface area contributed by atoms with Crippen molar-refractivity contribution in [2.24, 2.45) is 17.8 Å². The van der Waals surface area contributed by atoms with Gasteiger partial charge in [-0.3, -0.25) is 4.79 Å². The van der Waals surface area contributed by atoms with Crippen LogP contribution in [0.2, 0.25) is 0 Å². The molecule has 0 spiro atoms. The van der Waals surface area contributed by atoms with Gasteiger partial charge in [0, 0.05) is 41.7 Å². The number of carbonyl (C=O) groups is 4. The number of amides is 3. The quantitative estimate of drug-likeness (QED) is 0.155. The molecule has 230 valence electrons. The highest BCUT2D eigenvalue weighted by Gasteiger charge is 2.60. The van der Waals surface area contributed by atoms with Crippen molar-refractivity contribution in [1.82, 2.24) is 14.7 Å². The monoisotopic (exact) mass is 603 g/mol. The molecule has 0 aromatic rings. The van der Waals surface area contributed by atoms with Crippen LogP contribution in [0.25, 0.3) is 0 Å². The number of esters is 1. The minimum absolute atomic E-state index is 0.00908.